The fourth-order valence-corrected chi connectivity index (χ4v) is 10.1. The average molecular weight is 660 g/mol. The Bertz CT molecular complexity index is 3100. The normalized spacial score (nSPS) is 12.1. The summed E-state index contributed by atoms with van der Waals surface area (Å²) in [6.45, 7) is 0. The van der Waals surface area contributed by atoms with Crippen molar-refractivity contribution < 1.29 is 0 Å². The zero-order valence-electron chi connectivity index (χ0n) is 26.1. The summed E-state index contributed by atoms with van der Waals surface area (Å²) >= 11 is 3.64. The van der Waals surface area contributed by atoms with E-state index in [9.17, 15) is 0 Å². The quantitative estimate of drug-likeness (QED) is 0.189. The molecule has 0 atom stereocenters. The maximum atomic E-state index is 5.50. The zero-order chi connectivity index (χ0) is 32.1. The highest BCUT2D eigenvalue weighted by molar-refractivity contribution is 7.27. The summed E-state index contributed by atoms with van der Waals surface area (Å²) in [5.74, 6) is 0.691. The maximum Gasteiger partial charge on any atom is 0.235 e. The van der Waals surface area contributed by atoms with Gasteiger partial charge >= 0.3 is 0 Å². The smallest absolute Gasteiger partial charge is 0.235 e. The van der Waals surface area contributed by atoms with Crippen LogP contribution in [0.25, 0.3) is 101 Å². The van der Waals surface area contributed by atoms with Crippen LogP contribution in [0.15, 0.2) is 152 Å². The van der Waals surface area contributed by atoms with Crippen LogP contribution in [0.5, 0.6) is 0 Å². The van der Waals surface area contributed by atoms with Gasteiger partial charge in [0.25, 0.3) is 0 Å². The van der Waals surface area contributed by atoms with Gasteiger partial charge in [0.1, 0.15) is 0 Å². The van der Waals surface area contributed by atoms with Gasteiger partial charge in [-0.3, -0.25) is 4.57 Å². The molecule has 0 fully saturated rings. The number of thiophene rings is 2. The molecule has 11 aromatic rings. The van der Waals surface area contributed by atoms with Crippen molar-refractivity contribution in [3.8, 4) is 28.3 Å². The maximum absolute atomic E-state index is 5.50. The van der Waals surface area contributed by atoms with Crippen molar-refractivity contribution in [1.82, 2.24) is 14.5 Å². The molecule has 0 unspecified atom stereocenters. The highest BCUT2D eigenvalue weighted by Crippen LogP contribution is 2.48. The molecule has 0 spiro atoms. The first kappa shape index (κ1) is 27.1. The summed E-state index contributed by atoms with van der Waals surface area (Å²) in [6.07, 6.45) is 0. The fraction of sp³-hybridized carbons (Fsp3) is 0. The molecular weight excluding hydrogens is 635 g/mol. The number of aromatic nitrogens is 3. The van der Waals surface area contributed by atoms with E-state index < -0.39 is 0 Å². The van der Waals surface area contributed by atoms with Gasteiger partial charge in [-0.05, 0) is 46.2 Å². The van der Waals surface area contributed by atoms with Gasteiger partial charge in [0, 0.05) is 41.9 Å². The summed E-state index contributed by atoms with van der Waals surface area (Å²) in [5, 5.41) is 8.70. The topological polar surface area (TPSA) is 30.7 Å². The Hall–Kier alpha value is -5.88. The van der Waals surface area contributed by atoms with E-state index in [4.69, 9.17) is 9.97 Å². The van der Waals surface area contributed by atoms with E-state index in [1.165, 1.54) is 57.5 Å². The van der Waals surface area contributed by atoms with E-state index in [1.807, 2.05) is 11.3 Å². The van der Waals surface area contributed by atoms with E-state index in [1.54, 1.807) is 11.3 Å². The van der Waals surface area contributed by atoms with Crippen LogP contribution < -0.4 is 0 Å². The van der Waals surface area contributed by atoms with Gasteiger partial charge in [0.05, 0.1) is 31.6 Å². The number of hydrogen-bond acceptors (Lipinski definition) is 4. The van der Waals surface area contributed by atoms with Gasteiger partial charge < -0.3 is 0 Å². The molecule has 3 nitrogen and oxygen atoms in total. The van der Waals surface area contributed by atoms with Gasteiger partial charge in [0.15, 0.2) is 0 Å². The van der Waals surface area contributed by atoms with Crippen LogP contribution in [-0.4, -0.2) is 14.5 Å². The number of hydrogen-bond donors (Lipinski definition) is 0. The van der Waals surface area contributed by atoms with Gasteiger partial charge in [-0.25, -0.2) is 9.97 Å². The van der Waals surface area contributed by atoms with Crippen LogP contribution in [0.2, 0.25) is 0 Å². The highest BCUT2D eigenvalue weighted by Gasteiger charge is 2.25. The van der Waals surface area contributed by atoms with Gasteiger partial charge in [-0.15, -0.1) is 22.7 Å². The second-order valence-corrected chi connectivity index (χ2v) is 14.6. The summed E-state index contributed by atoms with van der Waals surface area (Å²) in [4.78, 5) is 11.0. The van der Waals surface area contributed by atoms with Gasteiger partial charge in [-0.1, -0.05) is 127 Å². The molecule has 49 heavy (non-hydrogen) atoms. The third kappa shape index (κ3) is 3.88. The Morgan fingerprint density at radius 3 is 1.78 bits per heavy atom. The lowest BCUT2D eigenvalue weighted by molar-refractivity contribution is 1.02. The van der Waals surface area contributed by atoms with Crippen LogP contribution >= 0.6 is 22.7 Å². The Balaban J connectivity index is 1.37. The van der Waals surface area contributed by atoms with Crippen molar-refractivity contribution in [2.75, 3.05) is 0 Å². The molecule has 0 saturated heterocycles. The van der Waals surface area contributed by atoms with Crippen molar-refractivity contribution in [3.63, 3.8) is 0 Å². The highest BCUT2D eigenvalue weighted by atomic mass is 32.1. The van der Waals surface area contributed by atoms with Crippen LogP contribution in [0.1, 0.15) is 0 Å². The summed E-state index contributed by atoms with van der Waals surface area (Å²) in [5.41, 5.74) is 7.70. The molecule has 4 aromatic heterocycles. The second kappa shape index (κ2) is 10.3. The molecule has 0 aliphatic heterocycles. The van der Waals surface area contributed by atoms with Crippen molar-refractivity contribution in [2.45, 2.75) is 0 Å². The van der Waals surface area contributed by atoms with Crippen molar-refractivity contribution in [3.05, 3.63) is 152 Å². The number of benzene rings is 7. The van der Waals surface area contributed by atoms with Crippen molar-refractivity contribution in [1.29, 1.82) is 0 Å². The Labute approximate surface area is 289 Å². The van der Waals surface area contributed by atoms with Crippen LogP contribution in [0, 0.1) is 0 Å². The summed E-state index contributed by atoms with van der Waals surface area (Å²) in [6, 6.07) is 54.4. The minimum absolute atomic E-state index is 0.691. The molecule has 0 saturated carbocycles. The second-order valence-electron chi connectivity index (χ2n) is 12.5. The largest absolute Gasteiger partial charge is 0.276 e. The number of fused-ring (bicyclic) bond motifs is 13. The lowest BCUT2D eigenvalue weighted by Gasteiger charge is -2.11. The lowest BCUT2D eigenvalue weighted by Crippen LogP contribution is -2.03. The molecule has 0 aliphatic carbocycles. The van der Waals surface area contributed by atoms with Crippen LogP contribution in [0.3, 0.4) is 0 Å². The molecule has 0 amide bonds. The Morgan fingerprint density at radius 1 is 0.429 bits per heavy atom. The summed E-state index contributed by atoms with van der Waals surface area (Å²) in [7, 11) is 0. The van der Waals surface area contributed by atoms with Gasteiger partial charge in [-0.2, -0.15) is 0 Å². The monoisotopic (exact) mass is 659 g/mol. The average Bonchev–Trinajstić information content (AvgIpc) is 3.85. The first-order valence-corrected chi connectivity index (χ1v) is 18.1. The molecule has 0 N–H and O–H groups in total. The SMILES string of the molecule is c1ccc(-c2ccc3c(c2)c2c4ccccc4c4c5ccccc5sc4c2n3-c2nc(-c3ccccc3)c3sc4ccccc4c3n2)cc1. The molecule has 0 radical (unpaired) electrons. The molecule has 5 heteroatoms. The number of rotatable bonds is 3. The fourth-order valence-electron chi connectivity index (χ4n) is 7.67. The van der Waals surface area contributed by atoms with Gasteiger partial charge in [0.2, 0.25) is 5.95 Å². The molecule has 0 bridgehead atoms. The van der Waals surface area contributed by atoms with E-state index in [0.29, 0.717) is 5.95 Å². The molecule has 4 heterocycles. The van der Waals surface area contributed by atoms with E-state index in [0.717, 1.165) is 37.9 Å². The first-order valence-electron chi connectivity index (χ1n) is 16.4. The molecular formula is C44H25N3S2. The van der Waals surface area contributed by atoms with Crippen molar-refractivity contribution >= 4 is 95.7 Å². The third-order valence-corrected chi connectivity index (χ3v) is 12.2. The summed E-state index contributed by atoms with van der Waals surface area (Å²) < 4.78 is 7.21. The Morgan fingerprint density at radius 2 is 1.02 bits per heavy atom. The molecule has 0 aliphatic rings. The predicted octanol–water partition coefficient (Wildman–Crippen LogP) is 12.8. The van der Waals surface area contributed by atoms with E-state index >= 15 is 0 Å². The lowest BCUT2D eigenvalue weighted by atomic mass is 9.97. The van der Waals surface area contributed by atoms with E-state index in [-0.39, 0.29) is 0 Å². The first-order chi connectivity index (χ1) is 24.3. The third-order valence-electron chi connectivity index (χ3n) is 9.81. The van der Waals surface area contributed by atoms with Crippen LogP contribution in [-0.2, 0) is 0 Å². The number of nitrogens with zero attached hydrogens (tertiary/aromatic N) is 3. The minimum atomic E-state index is 0.691. The predicted molar refractivity (Wildman–Crippen MR) is 211 cm³/mol. The van der Waals surface area contributed by atoms with E-state index in [2.05, 4.69) is 156 Å². The molecule has 7 aromatic carbocycles. The zero-order valence-corrected chi connectivity index (χ0v) is 27.7. The molecule has 11 rings (SSSR count). The molecule has 228 valence electrons. The standard InChI is InChI=1S/C44H25N3S2/c1-3-13-26(14-4-1)28-23-24-34-33(25-28)37-29-17-7-8-18-30(29)38-31-19-9-11-21-35(31)48-42(38)41(37)47(34)44-45-39(27-15-5-2-6-16-27)43-40(46-44)32-20-10-12-22-36(32)49-43/h1-25H. The van der Waals surface area contributed by atoms with Crippen LogP contribution in [0.4, 0.5) is 0 Å². The minimum Gasteiger partial charge on any atom is -0.276 e. The Kier molecular flexibility index (Phi) is 5.70. The van der Waals surface area contributed by atoms with Crippen molar-refractivity contribution in [2.24, 2.45) is 0 Å².